The smallest absolute Gasteiger partial charge is 0.475 e. The molecule has 0 spiro atoms. The fourth-order valence-electron chi connectivity index (χ4n) is 4.46. The first-order valence-corrected chi connectivity index (χ1v) is 10.1. The standard InChI is InChI=1S/C18H26N2O3.C2HF3O2/c1-12-7-15(13(2)23-12)18(21)20-9-16-14(11-22-17(16)10-20)8-19-5-3-4-6-19;3-2(4,5)1(6)7/h7,14,16-17H,3-6,8-11H2,1-2H3;(H,6,7)/t14-,16-,17-;/m1./s1. The summed E-state index contributed by atoms with van der Waals surface area (Å²) in [5, 5.41) is 7.12. The van der Waals surface area contributed by atoms with E-state index in [1.165, 1.54) is 25.9 Å². The van der Waals surface area contributed by atoms with E-state index in [9.17, 15) is 18.0 Å². The SMILES string of the molecule is Cc1cc(C(=O)N2C[C@@H]3[C@H](CN4CCCC4)CO[C@@H]3C2)c(C)o1.O=C(O)C(F)(F)F. The van der Waals surface area contributed by atoms with Gasteiger partial charge in [-0.15, -0.1) is 0 Å². The van der Waals surface area contributed by atoms with Crippen molar-refractivity contribution in [2.75, 3.05) is 39.3 Å². The number of carboxylic acids is 1. The van der Waals surface area contributed by atoms with Gasteiger partial charge in [0.25, 0.3) is 5.91 Å². The Kier molecular flexibility index (Phi) is 6.76. The largest absolute Gasteiger partial charge is 0.490 e. The van der Waals surface area contributed by atoms with Crippen molar-refractivity contribution < 1.29 is 37.0 Å². The van der Waals surface area contributed by atoms with Crippen LogP contribution in [0, 0.1) is 25.7 Å². The highest BCUT2D eigenvalue weighted by Gasteiger charge is 2.46. The second kappa shape index (κ2) is 8.97. The highest BCUT2D eigenvalue weighted by atomic mass is 19.4. The number of ether oxygens (including phenoxy) is 1. The molecule has 7 nitrogen and oxygen atoms in total. The van der Waals surface area contributed by atoms with Crippen LogP contribution in [0.3, 0.4) is 0 Å². The fourth-order valence-corrected chi connectivity index (χ4v) is 4.46. The zero-order chi connectivity index (χ0) is 22.1. The number of aliphatic carboxylic acids is 1. The van der Waals surface area contributed by atoms with Crippen LogP contribution in [0.4, 0.5) is 13.2 Å². The van der Waals surface area contributed by atoms with Gasteiger partial charge in [0.2, 0.25) is 0 Å². The van der Waals surface area contributed by atoms with Gasteiger partial charge < -0.3 is 24.1 Å². The molecule has 0 aliphatic carbocycles. The summed E-state index contributed by atoms with van der Waals surface area (Å²) in [6, 6.07) is 1.86. The lowest BCUT2D eigenvalue weighted by Crippen LogP contribution is -2.34. The molecular weight excluding hydrogens is 405 g/mol. The minimum atomic E-state index is -5.08. The van der Waals surface area contributed by atoms with Gasteiger partial charge in [-0.05, 0) is 45.8 Å². The molecule has 1 amide bonds. The summed E-state index contributed by atoms with van der Waals surface area (Å²) >= 11 is 0. The molecule has 3 saturated heterocycles. The number of halogens is 3. The van der Waals surface area contributed by atoms with E-state index in [1.807, 2.05) is 24.8 Å². The molecule has 168 valence electrons. The van der Waals surface area contributed by atoms with Crippen molar-refractivity contribution in [2.24, 2.45) is 11.8 Å². The number of carboxylic acid groups (broad SMARTS) is 1. The summed E-state index contributed by atoms with van der Waals surface area (Å²) in [5.74, 6) is -0.0757. The number of rotatable bonds is 3. The van der Waals surface area contributed by atoms with E-state index in [1.54, 1.807) is 0 Å². The summed E-state index contributed by atoms with van der Waals surface area (Å²) in [7, 11) is 0. The van der Waals surface area contributed by atoms with Crippen molar-refractivity contribution in [3.05, 3.63) is 23.2 Å². The number of carbonyl (C=O) groups is 2. The van der Waals surface area contributed by atoms with Crippen molar-refractivity contribution in [1.82, 2.24) is 9.80 Å². The Morgan fingerprint density at radius 1 is 1.20 bits per heavy atom. The number of alkyl halides is 3. The average Bonchev–Trinajstić information content (AvgIpc) is 3.41. The molecule has 0 aromatic carbocycles. The Morgan fingerprint density at radius 2 is 1.83 bits per heavy atom. The van der Waals surface area contributed by atoms with Crippen LogP contribution >= 0.6 is 0 Å². The quantitative estimate of drug-likeness (QED) is 0.791. The summed E-state index contributed by atoms with van der Waals surface area (Å²) in [6.45, 7) is 9.75. The molecule has 0 radical (unpaired) electrons. The van der Waals surface area contributed by atoms with Gasteiger partial charge in [0, 0.05) is 31.5 Å². The van der Waals surface area contributed by atoms with Crippen molar-refractivity contribution in [3.63, 3.8) is 0 Å². The number of carbonyl (C=O) groups excluding carboxylic acids is 1. The molecule has 3 aliphatic heterocycles. The number of likely N-dealkylation sites (tertiary alicyclic amines) is 2. The zero-order valence-corrected chi connectivity index (χ0v) is 17.1. The van der Waals surface area contributed by atoms with E-state index in [0.717, 1.165) is 37.8 Å². The summed E-state index contributed by atoms with van der Waals surface area (Å²) in [5.41, 5.74) is 0.707. The molecule has 1 aromatic heterocycles. The molecule has 4 heterocycles. The number of aryl methyl sites for hydroxylation is 2. The van der Waals surface area contributed by atoms with Crippen LogP contribution in [0.25, 0.3) is 0 Å². The molecule has 0 unspecified atom stereocenters. The Bertz CT molecular complexity index is 773. The second-order valence-corrected chi connectivity index (χ2v) is 8.14. The number of nitrogens with zero attached hydrogens (tertiary/aromatic N) is 2. The highest BCUT2D eigenvalue weighted by molar-refractivity contribution is 5.95. The number of furan rings is 1. The Labute approximate surface area is 172 Å². The fraction of sp³-hybridized carbons (Fsp3) is 0.700. The van der Waals surface area contributed by atoms with E-state index >= 15 is 0 Å². The molecular formula is C20H27F3N2O5. The van der Waals surface area contributed by atoms with Crippen molar-refractivity contribution >= 4 is 11.9 Å². The molecule has 10 heteroatoms. The van der Waals surface area contributed by atoms with E-state index in [2.05, 4.69) is 4.90 Å². The van der Waals surface area contributed by atoms with Crippen molar-refractivity contribution in [1.29, 1.82) is 0 Å². The average molecular weight is 432 g/mol. The summed E-state index contributed by atoms with van der Waals surface area (Å²) in [6.07, 6.45) is -2.21. The first-order valence-electron chi connectivity index (χ1n) is 10.1. The van der Waals surface area contributed by atoms with Crippen molar-refractivity contribution in [2.45, 2.75) is 39.0 Å². The molecule has 3 aliphatic rings. The monoisotopic (exact) mass is 432 g/mol. The van der Waals surface area contributed by atoms with Gasteiger partial charge >= 0.3 is 12.1 Å². The third-order valence-electron chi connectivity index (χ3n) is 5.93. The predicted molar refractivity (Wildman–Crippen MR) is 100 cm³/mol. The van der Waals surface area contributed by atoms with Crippen LogP contribution in [0.1, 0.15) is 34.7 Å². The Morgan fingerprint density at radius 3 is 2.37 bits per heavy atom. The first kappa shape index (κ1) is 22.6. The van der Waals surface area contributed by atoms with E-state index in [0.29, 0.717) is 17.4 Å². The van der Waals surface area contributed by atoms with E-state index in [-0.39, 0.29) is 12.0 Å². The second-order valence-electron chi connectivity index (χ2n) is 8.14. The third kappa shape index (κ3) is 5.15. The van der Waals surface area contributed by atoms with Gasteiger partial charge in [0.1, 0.15) is 11.5 Å². The maximum atomic E-state index is 12.8. The van der Waals surface area contributed by atoms with E-state index in [4.69, 9.17) is 19.1 Å². The molecule has 30 heavy (non-hydrogen) atoms. The van der Waals surface area contributed by atoms with Crippen LogP contribution in [0.2, 0.25) is 0 Å². The van der Waals surface area contributed by atoms with Crippen LogP contribution in [0.15, 0.2) is 10.5 Å². The lowest BCUT2D eigenvalue weighted by molar-refractivity contribution is -0.192. The topological polar surface area (TPSA) is 83.2 Å². The molecule has 1 aromatic rings. The molecule has 4 rings (SSSR count). The predicted octanol–water partition coefficient (Wildman–Crippen LogP) is 2.71. The number of amides is 1. The zero-order valence-electron chi connectivity index (χ0n) is 17.1. The van der Waals surface area contributed by atoms with Crippen LogP contribution in [-0.2, 0) is 9.53 Å². The lowest BCUT2D eigenvalue weighted by Gasteiger charge is -2.24. The number of fused-ring (bicyclic) bond motifs is 1. The van der Waals surface area contributed by atoms with Crippen LogP contribution in [0.5, 0.6) is 0 Å². The Balaban J connectivity index is 0.000000318. The molecule has 3 atom stereocenters. The van der Waals surface area contributed by atoms with Gasteiger partial charge in [-0.1, -0.05) is 0 Å². The van der Waals surface area contributed by atoms with Gasteiger partial charge in [0.15, 0.2) is 0 Å². The van der Waals surface area contributed by atoms with E-state index < -0.39 is 12.1 Å². The normalized spacial score (nSPS) is 26.4. The van der Waals surface area contributed by atoms with Crippen molar-refractivity contribution in [3.8, 4) is 0 Å². The lowest BCUT2D eigenvalue weighted by atomic mass is 9.93. The molecule has 1 N–H and O–H groups in total. The Hall–Kier alpha value is -2.07. The minimum absolute atomic E-state index is 0.0947. The number of hydrogen-bond acceptors (Lipinski definition) is 5. The summed E-state index contributed by atoms with van der Waals surface area (Å²) < 4.78 is 43.3. The highest BCUT2D eigenvalue weighted by Crippen LogP contribution is 2.35. The molecule has 0 bridgehead atoms. The minimum Gasteiger partial charge on any atom is -0.475 e. The third-order valence-corrected chi connectivity index (χ3v) is 5.93. The first-order chi connectivity index (χ1) is 14.1. The summed E-state index contributed by atoms with van der Waals surface area (Å²) in [4.78, 5) is 26.2. The van der Waals surface area contributed by atoms with Crippen LogP contribution in [-0.4, -0.2) is 78.4 Å². The van der Waals surface area contributed by atoms with Gasteiger partial charge in [0.05, 0.1) is 18.3 Å². The maximum Gasteiger partial charge on any atom is 0.490 e. The van der Waals surface area contributed by atoms with Gasteiger partial charge in [-0.25, -0.2) is 4.79 Å². The van der Waals surface area contributed by atoms with Gasteiger partial charge in [-0.3, -0.25) is 4.79 Å². The molecule has 0 saturated carbocycles. The van der Waals surface area contributed by atoms with Gasteiger partial charge in [-0.2, -0.15) is 13.2 Å². The maximum absolute atomic E-state index is 12.8. The number of hydrogen-bond donors (Lipinski definition) is 1. The molecule has 3 fully saturated rings. The van der Waals surface area contributed by atoms with Crippen LogP contribution < -0.4 is 0 Å².